The molecule has 6 rings (SSSR count). The fourth-order valence-electron chi connectivity index (χ4n) is 4.79. The van der Waals surface area contributed by atoms with Crippen LogP contribution in [-0.4, -0.2) is 97.9 Å². The van der Waals surface area contributed by atoms with Crippen molar-refractivity contribution in [2.75, 3.05) is 24.7 Å². The number of anilines is 2. The minimum absolute atomic E-state index is 0.0174. The van der Waals surface area contributed by atoms with E-state index in [-0.39, 0.29) is 47.1 Å². The van der Waals surface area contributed by atoms with E-state index in [2.05, 4.69) is 29.9 Å². The van der Waals surface area contributed by atoms with Gasteiger partial charge in [-0.25, -0.2) is 24.3 Å². The van der Waals surface area contributed by atoms with E-state index in [9.17, 15) is 19.9 Å². The van der Waals surface area contributed by atoms with Gasteiger partial charge in [0.1, 0.15) is 30.2 Å². The molecule has 0 bridgehead atoms. The first kappa shape index (κ1) is 27.9. The minimum Gasteiger partial charge on any atom is -0.394 e. The molecule has 6 heterocycles. The third-order valence-electron chi connectivity index (χ3n) is 6.70. The summed E-state index contributed by atoms with van der Waals surface area (Å²) in [5.74, 6) is -0.0682. The topological polar surface area (TPSA) is 257 Å². The third kappa shape index (κ3) is 5.07. The highest BCUT2D eigenvalue weighted by molar-refractivity contribution is 8.07. The molecule has 41 heavy (non-hydrogen) atoms. The Labute approximate surface area is 233 Å². The molecule has 0 amide bonds. The van der Waals surface area contributed by atoms with Crippen LogP contribution >= 0.6 is 6.72 Å². The number of hydrogen-bond donors (Lipinski definition) is 6. The summed E-state index contributed by atoms with van der Waals surface area (Å²) in [7, 11) is 0. The van der Waals surface area contributed by atoms with Gasteiger partial charge in [0.25, 0.3) is 5.56 Å². The number of aromatic nitrogens is 8. The Morgan fingerprint density at radius 3 is 2.63 bits per heavy atom. The van der Waals surface area contributed by atoms with Crippen LogP contribution in [0.15, 0.2) is 23.8 Å². The third-order valence-corrected chi connectivity index (χ3v) is 8.29. The molecule has 0 radical (unpaired) electrons. The Bertz CT molecular complexity index is 1700. The SMILES string of the molecule is Nc1nc2c(ncn2[C@@H]2O[C@H](CO)C[C@H]2OP(O)(=S)OC[C@H]2O[C@@H](n3cnc4c(N)ncnc43)[C@@H](F)[C@@H]2O)c(=O)[nH]1. The van der Waals surface area contributed by atoms with Gasteiger partial charge < -0.3 is 45.1 Å². The molecule has 220 valence electrons. The van der Waals surface area contributed by atoms with Crippen molar-refractivity contribution in [2.24, 2.45) is 0 Å². The highest BCUT2D eigenvalue weighted by Crippen LogP contribution is 2.50. The Kier molecular flexibility index (Phi) is 7.20. The van der Waals surface area contributed by atoms with Crippen LogP contribution in [0.5, 0.6) is 0 Å². The molecule has 0 spiro atoms. The zero-order valence-electron chi connectivity index (χ0n) is 20.8. The number of H-pyrrole nitrogens is 1. The van der Waals surface area contributed by atoms with Crippen molar-refractivity contribution >= 4 is 52.6 Å². The second-order valence-electron chi connectivity index (χ2n) is 9.33. The molecular weight excluding hydrogens is 590 g/mol. The molecule has 8 N–H and O–H groups in total. The summed E-state index contributed by atoms with van der Waals surface area (Å²) in [5, 5.41) is 20.2. The lowest BCUT2D eigenvalue weighted by atomic mass is 10.1. The number of imidazole rings is 2. The lowest BCUT2D eigenvalue weighted by molar-refractivity contribution is -0.0552. The minimum atomic E-state index is -4.07. The van der Waals surface area contributed by atoms with Crippen LogP contribution in [0.25, 0.3) is 22.3 Å². The van der Waals surface area contributed by atoms with Gasteiger partial charge in [-0.2, -0.15) is 4.98 Å². The van der Waals surface area contributed by atoms with Gasteiger partial charge >= 0.3 is 6.72 Å². The second kappa shape index (κ2) is 10.6. The molecule has 4 aromatic heterocycles. The first-order valence-corrected chi connectivity index (χ1v) is 14.7. The Hall–Kier alpha value is -3.20. The molecule has 0 aliphatic carbocycles. The lowest BCUT2D eigenvalue weighted by Crippen LogP contribution is -2.31. The average Bonchev–Trinajstić information content (AvgIpc) is 3.69. The monoisotopic (exact) mass is 614 g/mol. The molecule has 2 aliphatic rings. The Morgan fingerprint density at radius 1 is 1.15 bits per heavy atom. The van der Waals surface area contributed by atoms with Crippen LogP contribution in [-0.2, 0) is 30.3 Å². The second-order valence-corrected chi connectivity index (χ2v) is 12.1. The van der Waals surface area contributed by atoms with Crippen LogP contribution in [0.4, 0.5) is 16.2 Å². The van der Waals surface area contributed by atoms with Crippen molar-refractivity contribution in [2.45, 2.75) is 49.5 Å². The number of aliphatic hydroxyl groups is 2. The van der Waals surface area contributed by atoms with Crippen molar-refractivity contribution in [3.8, 4) is 0 Å². The summed E-state index contributed by atoms with van der Waals surface area (Å²) in [5.41, 5.74) is 11.4. The normalized spacial score (nSPS) is 29.9. The van der Waals surface area contributed by atoms with Crippen molar-refractivity contribution in [1.29, 1.82) is 0 Å². The zero-order chi connectivity index (χ0) is 29.1. The standard InChI is InChI=1S/C20H24FN10O8PS/c21-10-13(33)9(38-19(10)30-5-26-11-14(22)24-4-25-15(11)30)3-36-40(35,41)39-8-1-7(2-32)37-18(8)31-6-27-12-16(31)28-20(23)29-17(12)34/h4-10,13,18-19,32-33H,1-3H2,(H,35,41)(H2,22,24,25)(H3,23,28,29,34)/t7-,8+,9+,10-,13+,18+,19+,40?/m0/s1. The summed E-state index contributed by atoms with van der Waals surface area (Å²) in [6.45, 7) is -4.98. The van der Waals surface area contributed by atoms with Gasteiger partial charge in [-0.1, -0.05) is 0 Å². The summed E-state index contributed by atoms with van der Waals surface area (Å²) >= 11 is 5.18. The smallest absolute Gasteiger partial charge is 0.325 e. The van der Waals surface area contributed by atoms with E-state index in [1.165, 1.54) is 28.1 Å². The molecule has 2 saturated heterocycles. The van der Waals surface area contributed by atoms with E-state index in [1.54, 1.807) is 0 Å². The van der Waals surface area contributed by atoms with E-state index < -0.39 is 61.9 Å². The first-order valence-electron chi connectivity index (χ1n) is 12.1. The molecule has 2 fully saturated rings. The van der Waals surface area contributed by atoms with E-state index in [1.807, 2.05) is 0 Å². The number of nitrogens with two attached hydrogens (primary N) is 2. The number of aliphatic hydroxyl groups excluding tert-OH is 2. The van der Waals surface area contributed by atoms with Gasteiger partial charge in [0.05, 0.1) is 32.0 Å². The fourth-order valence-corrected chi connectivity index (χ4v) is 6.24. The predicted octanol–water partition coefficient (Wildman–Crippen LogP) is -1.38. The predicted molar refractivity (Wildman–Crippen MR) is 140 cm³/mol. The van der Waals surface area contributed by atoms with Crippen molar-refractivity contribution in [3.05, 3.63) is 29.3 Å². The number of fused-ring (bicyclic) bond motifs is 2. The summed E-state index contributed by atoms with van der Waals surface area (Å²) in [6.07, 6.45) is -5.07. The van der Waals surface area contributed by atoms with Gasteiger partial charge in [-0.05, 0) is 11.8 Å². The summed E-state index contributed by atoms with van der Waals surface area (Å²) < 4.78 is 40.4. The fraction of sp³-hybridized carbons (Fsp3) is 0.500. The summed E-state index contributed by atoms with van der Waals surface area (Å²) in [4.78, 5) is 45.5. The largest absolute Gasteiger partial charge is 0.394 e. The number of nitrogen functional groups attached to an aromatic ring is 2. The molecular formula is C20H24FN10O8PS. The number of hydrogen-bond acceptors (Lipinski definition) is 15. The zero-order valence-corrected chi connectivity index (χ0v) is 22.5. The maximum Gasteiger partial charge on any atom is 0.325 e. The number of alkyl halides is 1. The molecule has 2 aliphatic heterocycles. The highest BCUT2D eigenvalue weighted by Gasteiger charge is 2.47. The maximum absolute atomic E-state index is 15.1. The molecule has 0 saturated carbocycles. The molecule has 18 nitrogen and oxygen atoms in total. The molecule has 0 aromatic carbocycles. The number of nitrogens with zero attached hydrogens (tertiary/aromatic N) is 7. The van der Waals surface area contributed by atoms with Crippen molar-refractivity contribution in [3.63, 3.8) is 0 Å². The van der Waals surface area contributed by atoms with Crippen LogP contribution < -0.4 is 17.0 Å². The van der Waals surface area contributed by atoms with Gasteiger partial charge in [0, 0.05) is 6.42 Å². The molecule has 4 aromatic rings. The maximum atomic E-state index is 15.1. The molecule has 1 unspecified atom stereocenters. The number of rotatable bonds is 8. The summed E-state index contributed by atoms with van der Waals surface area (Å²) in [6, 6.07) is 0. The van der Waals surface area contributed by atoms with Crippen LogP contribution in [0.3, 0.4) is 0 Å². The number of nitrogens with one attached hydrogen (secondary N) is 1. The Balaban J connectivity index is 1.16. The first-order chi connectivity index (χ1) is 19.6. The van der Waals surface area contributed by atoms with Crippen LogP contribution in [0, 0.1) is 0 Å². The van der Waals surface area contributed by atoms with Gasteiger partial charge in [-0.15, -0.1) is 0 Å². The van der Waals surface area contributed by atoms with E-state index in [0.29, 0.717) is 0 Å². The average molecular weight is 615 g/mol. The lowest BCUT2D eigenvalue weighted by Gasteiger charge is -2.25. The molecule has 8 atom stereocenters. The molecule has 21 heteroatoms. The number of aromatic amines is 1. The van der Waals surface area contributed by atoms with Crippen LogP contribution in [0.1, 0.15) is 18.9 Å². The van der Waals surface area contributed by atoms with E-state index >= 15 is 4.39 Å². The van der Waals surface area contributed by atoms with E-state index in [4.69, 9.17) is 41.8 Å². The van der Waals surface area contributed by atoms with Crippen molar-refractivity contribution in [1.82, 2.24) is 39.0 Å². The van der Waals surface area contributed by atoms with E-state index in [0.717, 1.165) is 0 Å². The quantitative estimate of drug-likeness (QED) is 0.125. The highest BCUT2D eigenvalue weighted by atomic mass is 32.5. The Morgan fingerprint density at radius 2 is 1.88 bits per heavy atom. The van der Waals surface area contributed by atoms with Gasteiger partial charge in [0.15, 0.2) is 41.3 Å². The van der Waals surface area contributed by atoms with Gasteiger partial charge in [-0.3, -0.25) is 18.9 Å². The number of halogens is 1. The number of ether oxygens (including phenoxy) is 2. The van der Waals surface area contributed by atoms with Gasteiger partial charge in [0.2, 0.25) is 5.95 Å². The van der Waals surface area contributed by atoms with Crippen LogP contribution in [0.2, 0.25) is 0 Å². The van der Waals surface area contributed by atoms with Crippen molar-refractivity contribution < 1.29 is 38.0 Å².